The maximum absolute atomic E-state index is 12.2. The molecule has 1 aromatic rings. The predicted molar refractivity (Wildman–Crippen MR) is 73.1 cm³/mol. The highest BCUT2D eigenvalue weighted by atomic mass is 32.2. The molecule has 0 amide bonds. The fourth-order valence-electron chi connectivity index (χ4n) is 2.02. The van der Waals surface area contributed by atoms with Crippen LogP contribution in [-0.2, 0) is 16.6 Å². The Kier molecular flexibility index (Phi) is 4.39. The Labute approximate surface area is 112 Å². The first-order valence-electron chi connectivity index (χ1n) is 6.01. The first-order chi connectivity index (χ1) is 8.51. The van der Waals surface area contributed by atoms with Crippen LogP contribution in [0.25, 0.3) is 0 Å². The zero-order valence-corrected chi connectivity index (χ0v) is 12.1. The van der Waals surface area contributed by atoms with Crippen molar-refractivity contribution < 1.29 is 8.42 Å². The molecular weight excluding hydrogens is 270 g/mol. The average Bonchev–Trinajstić information content (AvgIpc) is 2.81. The van der Waals surface area contributed by atoms with Gasteiger partial charge in [-0.15, -0.1) is 11.3 Å². The van der Waals surface area contributed by atoms with Crippen molar-refractivity contribution in [2.24, 2.45) is 5.73 Å². The molecule has 1 aromatic heterocycles. The minimum absolute atomic E-state index is 0.0506. The van der Waals surface area contributed by atoms with Gasteiger partial charge in [0.05, 0.1) is 0 Å². The first-order valence-corrected chi connectivity index (χ1v) is 8.31. The molecule has 1 aliphatic rings. The van der Waals surface area contributed by atoms with Gasteiger partial charge in [0.2, 0.25) is 10.0 Å². The third-order valence-corrected chi connectivity index (χ3v) is 6.26. The molecule has 1 saturated heterocycles. The number of piperidine rings is 1. The monoisotopic (exact) mass is 289 g/mol. The molecule has 0 bridgehead atoms. The lowest BCUT2D eigenvalue weighted by molar-refractivity contribution is 0.248. The van der Waals surface area contributed by atoms with Crippen molar-refractivity contribution in [3.8, 4) is 0 Å². The van der Waals surface area contributed by atoms with Gasteiger partial charge in [0.1, 0.15) is 4.21 Å². The molecule has 7 heteroatoms. The molecule has 0 saturated carbocycles. The van der Waals surface area contributed by atoms with Gasteiger partial charge in [-0.2, -0.15) is 0 Å². The number of hydrogen-bond donors (Lipinski definition) is 2. The molecule has 1 fully saturated rings. The van der Waals surface area contributed by atoms with E-state index < -0.39 is 10.0 Å². The van der Waals surface area contributed by atoms with Crippen LogP contribution in [0.1, 0.15) is 17.7 Å². The maximum Gasteiger partial charge on any atom is 0.250 e. The quantitative estimate of drug-likeness (QED) is 0.850. The third-order valence-electron chi connectivity index (χ3n) is 3.14. The second kappa shape index (κ2) is 5.66. The zero-order valence-electron chi connectivity index (χ0n) is 10.4. The van der Waals surface area contributed by atoms with Crippen molar-refractivity contribution in [2.75, 3.05) is 20.1 Å². The molecule has 0 aliphatic carbocycles. The van der Waals surface area contributed by atoms with Crippen LogP contribution < -0.4 is 10.5 Å². The van der Waals surface area contributed by atoms with Gasteiger partial charge in [-0.25, -0.2) is 13.1 Å². The molecule has 0 aromatic carbocycles. The zero-order chi connectivity index (χ0) is 13.2. The summed E-state index contributed by atoms with van der Waals surface area (Å²) < 4.78 is 27.5. The van der Waals surface area contributed by atoms with E-state index in [2.05, 4.69) is 16.7 Å². The molecule has 0 atom stereocenters. The number of nitrogens with one attached hydrogen (secondary N) is 1. The SMILES string of the molecule is CN1CCC(NS(=O)(=O)c2ccc(CN)s2)CC1. The average molecular weight is 289 g/mol. The standard InChI is InChI=1S/C11H19N3O2S2/c1-14-6-4-9(5-7-14)13-18(15,16)11-3-2-10(8-12)17-11/h2-3,9,13H,4-8,12H2,1H3. The number of rotatable bonds is 4. The van der Waals surface area contributed by atoms with Crippen LogP contribution in [0.2, 0.25) is 0 Å². The normalized spacial score (nSPS) is 19.2. The molecular formula is C11H19N3O2S2. The molecule has 102 valence electrons. The van der Waals surface area contributed by atoms with Crippen LogP contribution in [-0.4, -0.2) is 39.5 Å². The van der Waals surface area contributed by atoms with E-state index in [1.165, 1.54) is 11.3 Å². The molecule has 2 heterocycles. The summed E-state index contributed by atoms with van der Waals surface area (Å²) >= 11 is 1.24. The lowest BCUT2D eigenvalue weighted by atomic mass is 10.1. The minimum Gasteiger partial charge on any atom is -0.326 e. The molecule has 0 spiro atoms. The smallest absolute Gasteiger partial charge is 0.250 e. The van der Waals surface area contributed by atoms with Crippen molar-refractivity contribution >= 4 is 21.4 Å². The summed E-state index contributed by atoms with van der Waals surface area (Å²) in [5.74, 6) is 0. The fraction of sp³-hybridized carbons (Fsp3) is 0.636. The molecule has 3 N–H and O–H groups in total. The first kappa shape index (κ1) is 14.0. The van der Waals surface area contributed by atoms with E-state index in [1.54, 1.807) is 12.1 Å². The lowest BCUT2D eigenvalue weighted by Crippen LogP contribution is -2.43. The van der Waals surface area contributed by atoms with E-state index in [4.69, 9.17) is 5.73 Å². The van der Waals surface area contributed by atoms with Gasteiger partial charge in [-0.05, 0) is 45.1 Å². The van der Waals surface area contributed by atoms with Gasteiger partial charge in [0, 0.05) is 17.5 Å². The van der Waals surface area contributed by atoms with Crippen LogP contribution in [0, 0.1) is 0 Å². The Hall–Kier alpha value is -0.470. The number of thiophene rings is 1. The van der Waals surface area contributed by atoms with Gasteiger partial charge < -0.3 is 10.6 Å². The Bertz CT molecular complexity index is 490. The highest BCUT2D eigenvalue weighted by Crippen LogP contribution is 2.22. The molecule has 18 heavy (non-hydrogen) atoms. The number of nitrogens with two attached hydrogens (primary N) is 1. The van der Waals surface area contributed by atoms with Crippen LogP contribution >= 0.6 is 11.3 Å². The summed E-state index contributed by atoms with van der Waals surface area (Å²) in [4.78, 5) is 3.10. The van der Waals surface area contributed by atoms with Crippen molar-refractivity contribution in [1.29, 1.82) is 0 Å². The van der Waals surface area contributed by atoms with Crippen molar-refractivity contribution in [3.05, 3.63) is 17.0 Å². The summed E-state index contributed by atoms with van der Waals surface area (Å²) in [7, 11) is -1.32. The van der Waals surface area contributed by atoms with E-state index in [0.29, 0.717) is 10.8 Å². The third kappa shape index (κ3) is 3.30. The van der Waals surface area contributed by atoms with Crippen LogP contribution in [0.5, 0.6) is 0 Å². The predicted octanol–water partition coefficient (Wildman–Crippen LogP) is 0.579. The van der Waals surface area contributed by atoms with E-state index in [0.717, 1.165) is 30.8 Å². The highest BCUT2D eigenvalue weighted by molar-refractivity contribution is 7.91. The topological polar surface area (TPSA) is 75.4 Å². The largest absolute Gasteiger partial charge is 0.326 e. The number of nitrogens with zero attached hydrogens (tertiary/aromatic N) is 1. The summed E-state index contributed by atoms with van der Waals surface area (Å²) in [5, 5.41) is 0. The summed E-state index contributed by atoms with van der Waals surface area (Å²) in [6.07, 6.45) is 1.73. The molecule has 0 unspecified atom stereocenters. The van der Waals surface area contributed by atoms with Gasteiger partial charge in [0.25, 0.3) is 0 Å². The van der Waals surface area contributed by atoms with Gasteiger partial charge in [-0.1, -0.05) is 0 Å². The second-order valence-corrected chi connectivity index (χ2v) is 7.73. The lowest BCUT2D eigenvalue weighted by Gasteiger charge is -2.29. The Morgan fingerprint density at radius 3 is 2.67 bits per heavy atom. The number of hydrogen-bond acceptors (Lipinski definition) is 5. The molecule has 1 aliphatic heterocycles. The maximum atomic E-state index is 12.2. The summed E-state index contributed by atoms with van der Waals surface area (Å²) in [6, 6.07) is 3.45. The second-order valence-electron chi connectivity index (χ2n) is 4.62. The molecule has 5 nitrogen and oxygen atoms in total. The number of sulfonamides is 1. The Balaban J connectivity index is 2.03. The van der Waals surface area contributed by atoms with Crippen LogP contribution in [0.15, 0.2) is 16.3 Å². The van der Waals surface area contributed by atoms with E-state index in [9.17, 15) is 8.42 Å². The number of likely N-dealkylation sites (tertiary alicyclic amines) is 1. The van der Waals surface area contributed by atoms with Crippen molar-refractivity contribution in [2.45, 2.75) is 29.6 Å². The Morgan fingerprint density at radius 2 is 2.11 bits per heavy atom. The van der Waals surface area contributed by atoms with Gasteiger partial charge in [0.15, 0.2) is 0 Å². The van der Waals surface area contributed by atoms with E-state index >= 15 is 0 Å². The Morgan fingerprint density at radius 1 is 1.44 bits per heavy atom. The summed E-state index contributed by atoms with van der Waals surface area (Å²) in [5.41, 5.74) is 5.50. The van der Waals surface area contributed by atoms with Crippen molar-refractivity contribution in [3.63, 3.8) is 0 Å². The van der Waals surface area contributed by atoms with Gasteiger partial charge >= 0.3 is 0 Å². The fourth-order valence-corrected chi connectivity index (χ4v) is 4.57. The highest BCUT2D eigenvalue weighted by Gasteiger charge is 2.24. The van der Waals surface area contributed by atoms with Crippen LogP contribution in [0.4, 0.5) is 0 Å². The van der Waals surface area contributed by atoms with Crippen LogP contribution in [0.3, 0.4) is 0 Å². The van der Waals surface area contributed by atoms with E-state index in [1.807, 2.05) is 0 Å². The minimum atomic E-state index is -3.37. The summed E-state index contributed by atoms with van der Waals surface area (Å²) in [6.45, 7) is 2.26. The van der Waals surface area contributed by atoms with Crippen molar-refractivity contribution in [1.82, 2.24) is 9.62 Å². The molecule has 2 rings (SSSR count). The van der Waals surface area contributed by atoms with Gasteiger partial charge in [-0.3, -0.25) is 0 Å². The molecule has 0 radical (unpaired) electrons. The van der Waals surface area contributed by atoms with E-state index in [-0.39, 0.29) is 6.04 Å².